The molecule has 1 N–H and O–H groups in total. The van der Waals surface area contributed by atoms with E-state index < -0.39 is 0 Å². The summed E-state index contributed by atoms with van der Waals surface area (Å²) in [5.41, 5.74) is 0. The molecule has 18 heavy (non-hydrogen) atoms. The molecule has 1 heterocycles. The molecule has 0 saturated carbocycles. The van der Waals surface area contributed by atoms with Gasteiger partial charge >= 0.3 is 0 Å². The molecule has 0 unspecified atom stereocenters. The Morgan fingerprint density at radius 3 is 2.94 bits per heavy atom. The van der Waals surface area contributed by atoms with Crippen molar-refractivity contribution in [1.82, 2.24) is 5.32 Å². The second kappa shape index (κ2) is 6.87. The molecule has 96 valence electrons. The van der Waals surface area contributed by atoms with Crippen molar-refractivity contribution in [3.05, 3.63) is 50.9 Å². The van der Waals surface area contributed by atoms with Crippen LogP contribution in [0.5, 0.6) is 5.75 Å². The first-order valence-corrected chi connectivity index (χ1v) is 7.24. The van der Waals surface area contributed by atoms with Crippen LogP contribution in [-0.4, -0.2) is 13.2 Å². The first-order chi connectivity index (χ1) is 8.75. The quantitative estimate of drug-likeness (QED) is 0.813. The van der Waals surface area contributed by atoms with Gasteiger partial charge in [0.25, 0.3) is 0 Å². The molecule has 0 saturated heterocycles. The number of hydrogen-bond acceptors (Lipinski definition) is 3. The first kappa shape index (κ1) is 13.5. The van der Waals surface area contributed by atoms with Crippen molar-refractivity contribution in [2.45, 2.75) is 6.54 Å². The van der Waals surface area contributed by atoms with Crippen LogP contribution in [0.1, 0.15) is 4.88 Å². The highest BCUT2D eigenvalue weighted by atomic mass is 79.9. The fourth-order valence-corrected chi connectivity index (χ4v) is 2.59. The number of rotatable bonds is 6. The van der Waals surface area contributed by atoms with E-state index in [2.05, 4.69) is 32.7 Å². The number of thiophene rings is 1. The molecule has 5 heteroatoms. The summed E-state index contributed by atoms with van der Waals surface area (Å²) in [7, 11) is 0. The maximum Gasteiger partial charge on any atom is 0.133 e. The Balaban J connectivity index is 1.69. The molecule has 0 atom stereocenters. The molecule has 0 bridgehead atoms. The summed E-state index contributed by atoms with van der Waals surface area (Å²) in [6, 6.07) is 8.54. The van der Waals surface area contributed by atoms with Gasteiger partial charge in [-0.2, -0.15) is 0 Å². The van der Waals surface area contributed by atoms with Gasteiger partial charge in [-0.1, -0.05) is 6.07 Å². The van der Waals surface area contributed by atoms with E-state index >= 15 is 0 Å². The van der Waals surface area contributed by atoms with Gasteiger partial charge in [0.1, 0.15) is 18.2 Å². The van der Waals surface area contributed by atoms with Crippen LogP contribution in [0, 0.1) is 5.82 Å². The van der Waals surface area contributed by atoms with E-state index in [1.807, 2.05) is 6.07 Å². The van der Waals surface area contributed by atoms with Gasteiger partial charge in [0.05, 0.1) is 4.47 Å². The molecular weight excluding hydrogens is 317 g/mol. The Labute approximate surface area is 118 Å². The van der Waals surface area contributed by atoms with Crippen molar-refractivity contribution in [1.29, 1.82) is 0 Å². The third-order valence-corrected chi connectivity index (χ3v) is 3.81. The first-order valence-electron chi connectivity index (χ1n) is 5.56. The zero-order valence-electron chi connectivity index (χ0n) is 9.66. The summed E-state index contributed by atoms with van der Waals surface area (Å²) in [6.07, 6.45) is 0. The lowest BCUT2D eigenvalue weighted by Crippen LogP contribution is -2.20. The van der Waals surface area contributed by atoms with Crippen LogP contribution >= 0.6 is 27.3 Å². The average molecular weight is 330 g/mol. The maximum absolute atomic E-state index is 12.9. The Bertz CT molecular complexity index is 490. The molecule has 0 aliphatic rings. The van der Waals surface area contributed by atoms with Gasteiger partial charge in [0, 0.05) is 18.0 Å². The highest BCUT2D eigenvalue weighted by molar-refractivity contribution is 9.10. The highest BCUT2D eigenvalue weighted by Gasteiger charge is 2.02. The number of nitrogens with one attached hydrogen (secondary N) is 1. The smallest absolute Gasteiger partial charge is 0.133 e. The topological polar surface area (TPSA) is 21.3 Å². The average Bonchev–Trinajstić information content (AvgIpc) is 2.84. The van der Waals surface area contributed by atoms with E-state index in [9.17, 15) is 4.39 Å². The fourth-order valence-electron chi connectivity index (χ4n) is 1.45. The van der Waals surface area contributed by atoms with Gasteiger partial charge in [0.15, 0.2) is 0 Å². The normalized spacial score (nSPS) is 10.6. The molecule has 0 spiro atoms. The zero-order valence-corrected chi connectivity index (χ0v) is 12.1. The van der Waals surface area contributed by atoms with Gasteiger partial charge < -0.3 is 10.1 Å². The van der Waals surface area contributed by atoms with Crippen molar-refractivity contribution in [3.8, 4) is 5.75 Å². The summed E-state index contributed by atoms with van der Waals surface area (Å²) >= 11 is 4.99. The third-order valence-electron chi connectivity index (χ3n) is 2.31. The molecule has 2 aromatic rings. The van der Waals surface area contributed by atoms with Gasteiger partial charge in [-0.25, -0.2) is 4.39 Å². The molecule has 0 fully saturated rings. The molecule has 0 aliphatic heterocycles. The molecule has 2 nitrogen and oxygen atoms in total. The van der Waals surface area contributed by atoms with Crippen molar-refractivity contribution >= 4 is 27.3 Å². The van der Waals surface area contributed by atoms with Crippen molar-refractivity contribution in [3.63, 3.8) is 0 Å². The van der Waals surface area contributed by atoms with Crippen LogP contribution in [0.3, 0.4) is 0 Å². The summed E-state index contributed by atoms with van der Waals surface area (Å²) < 4.78 is 19.0. The van der Waals surface area contributed by atoms with Crippen LogP contribution in [0.15, 0.2) is 40.2 Å². The second-order valence-corrected chi connectivity index (χ2v) is 5.57. The largest absolute Gasteiger partial charge is 0.491 e. The molecule has 0 radical (unpaired) electrons. The Kier molecular flexibility index (Phi) is 5.16. The third kappa shape index (κ3) is 4.08. The maximum atomic E-state index is 12.9. The number of hydrogen-bond donors (Lipinski definition) is 1. The molecule has 0 aliphatic carbocycles. The van der Waals surface area contributed by atoms with Gasteiger partial charge in [-0.05, 0) is 45.6 Å². The zero-order chi connectivity index (χ0) is 12.8. The van der Waals surface area contributed by atoms with E-state index in [4.69, 9.17) is 4.74 Å². The number of ether oxygens (including phenoxy) is 1. The standard InChI is InChI=1S/C13H13BrFNOS/c14-12-8-10(15)3-4-13(12)17-6-5-16-9-11-2-1-7-18-11/h1-4,7-8,16H,5-6,9H2. The van der Waals surface area contributed by atoms with Crippen LogP contribution in [0.4, 0.5) is 4.39 Å². The summed E-state index contributed by atoms with van der Waals surface area (Å²) in [4.78, 5) is 1.30. The minimum Gasteiger partial charge on any atom is -0.491 e. The highest BCUT2D eigenvalue weighted by Crippen LogP contribution is 2.25. The van der Waals surface area contributed by atoms with E-state index in [-0.39, 0.29) is 5.82 Å². The second-order valence-electron chi connectivity index (χ2n) is 3.68. The van der Waals surface area contributed by atoms with Crippen LogP contribution in [-0.2, 0) is 6.54 Å². The Hall–Kier alpha value is -0.910. The van der Waals surface area contributed by atoms with Gasteiger partial charge in [-0.3, -0.25) is 0 Å². The van der Waals surface area contributed by atoms with Gasteiger partial charge in [-0.15, -0.1) is 11.3 Å². The minimum atomic E-state index is -0.273. The molecule has 0 amide bonds. The minimum absolute atomic E-state index is 0.273. The van der Waals surface area contributed by atoms with Crippen LogP contribution in [0.2, 0.25) is 0 Å². The lowest BCUT2D eigenvalue weighted by Gasteiger charge is -2.08. The van der Waals surface area contributed by atoms with E-state index in [0.29, 0.717) is 16.8 Å². The van der Waals surface area contributed by atoms with Crippen LogP contribution < -0.4 is 10.1 Å². The lowest BCUT2D eigenvalue weighted by atomic mass is 10.3. The van der Waals surface area contributed by atoms with E-state index in [1.54, 1.807) is 17.4 Å². The van der Waals surface area contributed by atoms with Crippen molar-refractivity contribution in [2.24, 2.45) is 0 Å². The van der Waals surface area contributed by atoms with E-state index in [0.717, 1.165) is 13.1 Å². The molecule has 2 rings (SSSR count). The SMILES string of the molecule is Fc1ccc(OCCNCc2cccs2)c(Br)c1. The predicted molar refractivity (Wildman–Crippen MR) is 75.6 cm³/mol. The van der Waals surface area contributed by atoms with Crippen LogP contribution in [0.25, 0.3) is 0 Å². The fraction of sp³-hybridized carbons (Fsp3) is 0.231. The summed E-state index contributed by atoms with van der Waals surface area (Å²) in [5, 5.41) is 5.34. The van der Waals surface area contributed by atoms with E-state index in [1.165, 1.54) is 17.0 Å². The Morgan fingerprint density at radius 1 is 1.33 bits per heavy atom. The van der Waals surface area contributed by atoms with Crippen molar-refractivity contribution in [2.75, 3.05) is 13.2 Å². The molecule has 1 aromatic heterocycles. The Morgan fingerprint density at radius 2 is 2.22 bits per heavy atom. The summed E-state index contributed by atoms with van der Waals surface area (Å²) in [6.45, 7) is 2.16. The number of benzene rings is 1. The summed E-state index contributed by atoms with van der Waals surface area (Å²) in [5.74, 6) is 0.388. The molecule has 1 aromatic carbocycles. The predicted octanol–water partition coefficient (Wildman–Crippen LogP) is 3.82. The van der Waals surface area contributed by atoms with Gasteiger partial charge in [0.2, 0.25) is 0 Å². The lowest BCUT2D eigenvalue weighted by molar-refractivity contribution is 0.311. The number of halogens is 2. The monoisotopic (exact) mass is 329 g/mol. The molecular formula is C13H13BrFNOS. The van der Waals surface area contributed by atoms with Crippen molar-refractivity contribution < 1.29 is 9.13 Å².